The van der Waals surface area contributed by atoms with Crippen LogP contribution in [0.5, 0.6) is 0 Å². The normalized spacial score (nSPS) is 16.4. The van der Waals surface area contributed by atoms with Crippen molar-refractivity contribution in [2.75, 3.05) is 13.7 Å². The third-order valence-electron chi connectivity index (χ3n) is 4.46. The van der Waals surface area contributed by atoms with Gasteiger partial charge in [0.15, 0.2) is 6.04 Å². The maximum atomic E-state index is 12.7. The second-order valence-corrected chi connectivity index (χ2v) is 7.46. The average Bonchev–Trinajstić information content (AvgIpc) is 2.65. The van der Waals surface area contributed by atoms with Crippen LogP contribution in [0.1, 0.15) is 37.9 Å². The summed E-state index contributed by atoms with van der Waals surface area (Å²) in [4.78, 5) is 30.8. The summed E-state index contributed by atoms with van der Waals surface area (Å²) in [7, 11) is 1.33. The van der Waals surface area contributed by atoms with E-state index in [9.17, 15) is 9.59 Å². The number of hydrogen-bond acceptors (Lipinski definition) is 5. The van der Waals surface area contributed by atoms with Gasteiger partial charge in [0.25, 0.3) is 0 Å². The van der Waals surface area contributed by atoms with E-state index in [4.69, 9.17) is 9.47 Å². The predicted molar refractivity (Wildman–Crippen MR) is 101 cm³/mol. The van der Waals surface area contributed by atoms with E-state index in [2.05, 4.69) is 4.98 Å². The molecular formula is C21H24N2O4. The van der Waals surface area contributed by atoms with Crippen molar-refractivity contribution in [1.82, 2.24) is 9.88 Å². The second kappa shape index (κ2) is 7.39. The predicted octanol–water partition coefficient (Wildman–Crippen LogP) is 3.76. The zero-order chi connectivity index (χ0) is 19.6. The van der Waals surface area contributed by atoms with Gasteiger partial charge in [-0.2, -0.15) is 0 Å². The SMILES string of the molecule is COC(=O)C1c2cccc(-c3ccncc3)c2CCN1C(=O)OC(C)(C)C. The Morgan fingerprint density at radius 2 is 1.85 bits per heavy atom. The number of benzene rings is 1. The molecule has 0 fully saturated rings. The van der Waals surface area contributed by atoms with Crippen molar-refractivity contribution in [3.63, 3.8) is 0 Å². The fourth-order valence-electron chi connectivity index (χ4n) is 3.35. The van der Waals surface area contributed by atoms with Gasteiger partial charge in [0.1, 0.15) is 5.60 Å². The summed E-state index contributed by atoms with van der Waals surface area (Å²) >= 11 is 0. The number of carbonyl (C=O) groups is 2. The number of pyridine rings is 1. The number of carbonyl (C=O) groups excluding carboxylic acids is 2. The smallest absolute Gasteiger partial charge is 0.411 e. The van der Waals surface area contributed by atoms with Crippen LogP contribution in [-0.2, 0) is 20.7 Å². The van der Waals surface area contributed by atoms with Gasteiger partial charge in [0.2, 0.25) is 0 Å². The lowest BCUT2D eigenvalue weighted by atomic mass is 9.87. The topological polar surface area (TPSA) is 68.7 Å². The first-order valence-electron chi connectivity index (χ1n) is 8.91. The Balaban J connectivity index is 2.05. The molecule has 0 aliphatic carbocycles. The van der Waals surface area contributed by atoms with Crippen LogP contribution >= 0.6 is 0 Å². The molecule has 2 heterocycles. The van der Waals surface area contributed by atoms with E-state index in [1.165, 1.54) is 12.0 Å². The van der Waals surface area contributed by atoms with Crippen molar-refractivity contribution in [2.45, 2.75) is 38.8 Å². The van der Waals surface area contributed by atoms with Gasteiger partial charge >= 0.3 is 12.1 Å². The van der Waals surface area contributed by atoms with Gasteiger partial charge in [-0.3, -0.25) is 9.88 Å². The Morgan fingerprint density at radius 3 is 2.48 bits per heavy atom. The largest absolute Gasteiger partial charge is 0.467 e. The van der Waals surface area contributed by atoms with Crippen molar-refractivity contribution < 1.29 is 19.1 Å². The van der Waals surface area contributed by atoms with Gasteiger partial charge in [-0.25, -0.2) is 9.59 Å². The molecule has 1 aliphatic rings. The molecule has 1 atom stereocenters. The van der Waals surface area contributed by atoms with Crippen LogP contribution in [0.25, 0.3) is 11.1 Å². The highest BCUT2D eigenvalue weighted by molar-refractivity contribution is 5.85. The summed E-state index contributed by atoms with van der Waals surface area (Å²) in [6, 6.07) is 8.83. The zero-order valence-electron chi connectivity index (χ0n) is 16.1. The van der Waals surface area contributed by atoms with E-state index in [0.29, 0.717) is 13.0 Å². The quantitative estimate of drug-likeness (QED) is 0.755. The summed E-state index contributed by atoms with van der Waals surface area (Å²) < 4.78 is 10.5. The summed E-state index contributed by atoms with van der Waals surface area (Å²) in [6.07, 6.45) is 3.59. The Kier molecular flexibility index (Phi) is 5.17. The molecule has 0 N–H and O–H groups in total. The number of fused-ring (bicyclic) bond motifs is 1. The van der Waals surface area contributed by atoms with E-state index in [1.54, 1.807) is 33.2 Å². The Morgan fingerprint density at radius 1 is 1.15 bits per heavy atom. The fourth-order valence-corrected chi connectivity index (χ4v) is 3.35. The highest BCUT2D eigenvalue weighted by Crippen LogP contribution is 2.37. The molecule has 1 aromatic carbocycles. The van der Waals surface area contributed by atoms with Gasteiger partial charge in [-0.15, -0.1) is 0 Å². The van der Waals surface area contributed by atoms with Crippen LogP contribution in [-0.4, -0.2) is 41.2 Å². The molecule has 1 aromatic heterocycles. The molecule has 6 heteroatoms. The summed E-state index contributed by atoms with van der Waals surface area (Å²) in [5.41, 5.74) is 3.23. The lowest BCUT2D eigenvalue weighted by molar-refractivity contribution is -0.147. The van der Waals surface area contributed by atoms with E-state index >= 15 is 0 Å². The van der Waals surface area contributed by atoms with Crippen LogP contribution in [0.3, 0.4) is 0 Å². The number of nitrogens with zero attached hydrogens (tertiary/aromatic N) is 2. The van der Waals surface area contributed by atoms with Crippen molar-refractivity contribution >= 4 is 12.1 Å². The van der Waals surface area contributed by atoms with Crippen LogP contribution < -0.4 is 0 Å². The van der Waals surface area contributed by atoms with E-state index in [1.807, 2.05) is 30.3 Å². The Hall–Kier alpha value is -2.89. The van der Waals surface area contributed by atoms with Crippen LogP contribution in [0, 0.1) is 0 Å². The maximum absolute atomic E-state index is 12.7. The number of ether oxygens (including phenoxy) is 2. The highest BCUT2D eigenvalue weighted by atomic mass is 16.6. The molecule has 0 spiro atoms. The number of hydrogen-bond donors (Lipinski definition) is 0. The third kappa shape index (κ3) is 3.94. The molecule has 1 aliphatic heterocycles. The first-order valence-corrected chi connectivity index (χ1v) is 8.91. The molecule has 0 saturated heterocycles. The second-order valence-electron chi connectivity index (χ2n) is 7.46. The molecular weight excluding hydrogens is 344 g/mol. The molecule has 1 amide bonds. The molecule has 3 rings (SSSR count). The van der Waals surface area contributed by atoms with Crippen LogP contribution in [0.15, 0.2) is 42.7 Å². The van der Waals surface area contributed by atoms with Crippen LogP contribution in [0.2, 0.25) is 0 Å². The highest BCUT2D eigenvalue weighted by Gasteiger charge is 2.39. The standard InChI is InChI=1S/C21H24N2O4/c1-21(2,3)27-20(25)23-13-10-16-15(14-8-11-22-12-9-14)6-5-7-17(16)18(23)19(24)26-4/h5-9,11-12,18H,10,13H2,1-4H3. The minimum atomic E-state index is -0.824. The Bertz CT molecular complexity index is 843. The summed E-state index contributed by atoms with van der Waals surface area (Å²) in [6.45, 7) is 5.79. The molecule has 142 valence electrons. The van der Waals surface area contributed by atoms with E-state index in [0.717, 1.165) is 22.3 Å². The number of methoxy groups -OCH3 is 1. The summed E-state index contributed by atoms with van der Waals surface area (Å²) in [5, 5.41) is 0. The monoisotopic (exact) mass is 368 g/mol. The molecule has 0 bridgehead atoms. The van der Waals surface area contributed by atoms with Crippen molar-refractivity contribution in [3.8, 4) is 11.1 Å². The maximum Gasteiger partial charge on any atom is 0.411 e. The molecule has 27 heavy (non-hydrogen) atoms. The van der Waals surface area contributed by atoms with Gasteiger partial charge in [0, 0.05) is 18.9 Å². The van der Waals surface area contributed by atoms with Crippen molar-refractivity contribution in [1.29, 1.82) is 0 Å². The number of aromatic nitrogens is 1. The lowest BCUT2D eigenvalue weighted by Crippen LogP contribution is -2.46. The molecule has 6 nitrogen and oxygen atoms in total. The lowest BCUT2D eigenvalue weighted by Gasteiger charge is -2.37. The Labute approximate surface area is 159 Å². The van der Waals surface area contributed by atoms with E-state index in [-0.39, 0.29) is 0 Å². The first kappa shape index (κ1) is 18.9. The van der Waals surface area contributed by atoms with Crippen molar-refractivity contribution in [2.24, 2.45) is 0 Å². The number of amides is 1. The van der Waals surface area contributed by atoms with Gasteiger partial charge < -0.3 is 9.47 Å². The molecule has 1 unspecified atom stereocenters. The van der Waals surface area contributed by atoms with E-state index < -0.39 is 23.7 Å². The van der Waals surface area contributed by atoms with Gasteiger partial charge in [-0.1, -0.05) is 18.2 Å². The summed E-state index contributed by atoms with van der Waals surface area (Å²) in [5.74, 6) is -0.478. The number of esters is 1. The van der Waals surface area contributed by atoms with Gasteiger partial charge in [0.05, 0.1) is 7.11 Å². The minimum absolute atomic E-state index is 0.379. The van der Waals surface area contributed by atoms with Gasteiger partial charge in [-0.05, 0) is 61.6 Å². The fraction of sp³-hybridized carbons (Fsp3) is 0.381. The molecule has 2 aromatic rings. The molecule has 0 radical (unpaired) electrons. The minimum Gasteiger partial charge on any atom is -0.467 e. The number of rotatable bonds is 2. The average molecular weight is 368 g/mol. The van der Waals surface area contributed by atoms with Crippen molar-refractivity contribution in [3.05, 3.63) is 53.9 Å². The molecule has 0 saturated carbocycles. The zero-order valence-corrected chi connectivity index (χ0v) is 16.1. The first-order chi connectivity index (χ1) is 12.8. The van der Waals surface area contributed by atoms with Crippen LogP contribution in [0.4, 0.5) is 4.79 Å². The third-order valence-corrected chi connectivity index (χ3v) is 4.46.